The first-order valence-corrected chi connectivity index (χ1v) is 7.93. The highest BCUT2D eigenvalue weighted by atomic mass is 16.5. The summed E-state index contributed by atoms with van der Waals surface area (Å²) in [5.41, 5.74) is 3.02. The van der Waals surface area contributed by atoms with Gasteiger partial charge in [0, 0.05) is 30.9 Å². The molecule has 0 aromatic heterocycles. The minimum absolute atomic E-state index is 0.0691. The Hall–Kier alpha value is -2.04. The van der Waals surface area contributed by atoms with Crippen LogP contribution in [0.1, 0.15) is 35.2 Å². The molecular formula is C17H22N2O3. The fraction of sp³-hybridized carbons (Fsp3) is 0.529. The molecule has 0 radical (unpaired) electrons. The average Bonchev–Trinajstić information content (AvgIpc) is 2.60. The van der Waals surface area contributed by atoms with Gasteiger partial charge in [0.15, 0.2) is 0 Å². The van der Waals surface area contributed by atoms with Gasteiger partial charge in [-0.2, -0.15) is 0 Å². The number of nitrogens with one attached hydrogen (secondary N) is 1. The smallest absolute Gasteiger partial charge is 0.308 e. The monoisotopic (exact) mass is 302 g/mol. The van der Waals surface area contributed by atoms with Crippen LogP contribution in [0.15, 0.2) is 18.2 Å². The van der Waals surface area contributed by atoms with E-state index >= 15 is 0 Å². The molecule has 1 amide bonds. The Balaban J connectivity index is 1.72. The van der Waals surface area contributed by atoms with E-state index in [1.165, 1.54) is 7.11 Å². The fourth-order valence-electron chi connectivity index (χ4n) is 3.37. The molecule has 3 rings (SSSR count). The topological polar surface area (TPSA) is 58.6 Å². The summed E-state index contributed by atoms with van der Waals surface area (Å²) in [7, 11) is 1.42. The van der Waals surface area contributed by atoms with Gasteiger partial charge in [0.05, 0.1) is 13.0 Å². The van der Waals surface area contributed by atoms with Crippen molar-refractivity contribution >= 4 is 17.6 Å². The maximum Gasteiger partial charge on any atom is 0.308 e. The molecule has 5 nitrogen and oxygen atoms in total. The predicted octanol–water partition coefficient (Wildman–Crippen LogP) is 2.07. The third kappa shape index (κ3) is 2.80. The number of nitrogens with zero attached hydrogens (tertiary/aromatic N) is 1. The molecule has 2 heterocycles. The van der Waals surface area contributed by atoms with Crippen molar-refractivity contribution in [1.82, 2.24) is 4.90 Å². The SMILES string of the molecule is COC(=O)C1CCN(C(=O)c2cccc3c2CCCN3)CC1. The number of anilines is 1. The average molecular weight is 302 g/mol. The lowest BCUT2D eigenvalue weighted by Crippen LogP contribution is -2.41. The van der Waals surface area contributed by atoms with Crippen LogP contribution < -0.4 is 5.32 Å². The third-order valence-corrected chi connectivity index (χ3v) is 4.64. The first-order valence-electron chi connectivity index (χ1n) is 7.93. The number of benzene rings is 1. The largest absolute Gasteiger partial charge is 0.469 e. The van der Waals surface area contributed by atoms with Crippen LogP contribution in [0.5, 0.6) is 0 Å². The van der Waals surface area contributed by atoms with Crippen molar-refractivity contribution in [2.45, 2.75) is 25.7 Å². The Morgan fingerprint density at radius 1 is 1.27 bits per heavy atom. The summed E-state index contributed by atoms with van der Waals surface area (Å²) in [6.45, 7) is 2.21. The number of methoxy groups -OCH3 is 1. The predicted molar refractivity (Wildman–Crippen MR) is 83.9 cm³/mol. The standard InChI is InChI=1S/C17H22N2O3/c1-22-17(21)12-7-10-19(11-8-12)16(20)14-4-2-6-15-13(14)5-3-9-18-15/h2,4,6,12,18H,3,5,7-11H2,1H3. The number of esters is 1. The van der Waals surface area contributed by atoms with Crippen LogP contribution in [-0.4, -0.2) is 43.5 Å². The summed E-state index contributed by atoms with van der Waals surface area (Å²) in [6, 6.07) is 5.89. The molecule has 1 aromatic rings. The second kappa shape index (κ2) is 6.38. The molecule has 2 aliphatic rings. The Kier molecular flexibility index (Phi) is 4.32. The maximum atomic E-state index is 12.8. The van der Waals surface area contributed by atoms with Crippen molar-refractivity contribution in [3.63, 3.8) is 0 Å². The molecule has 118 valence electrons. The van der Waals surface area contributed by atoms with E-state index in [2.05, 4.69) is 5.32 Å². The lowest BCUT2D eigenvalue weighted by molar-refractivity contribution is -0.146. The Morgan fingerprint density at radius 3 is 2.77 bits per heavy atom. The lowest BCUT2D eigenvalue weighted by atomic mass is 9.94. The molecule has 2 aliphatic heterocycles. The molecule has 22 heavy (non-hydrogen) atoms. The zero-order valence-electron chi connectivity index (χ0n) is 12.9. The van der Waals surface area contributed by atoms with Gasteiger partial charge in [-0.15, -0.1) is 0 Å². The number of piperidine rings is 1. The van der Waals surface area contributed by atoms with Crippen molar-refractivity contribution in [3.8, 4) is 0 Å². The van der Waals surface area contributed by atoms with Crippen molar-refractivity contribution in [2.75, 3.05) is 32.1 Å². The number of carbonyl (C=O) groups excluding carboxylic acids is 2. The van der Waals surface area contributed by atoms with Crippen LogP contribution in [0.2, 0.25) is 0 Å². The molecule has 0 bridgehead atoms. The summed E-state index contributed by atoms with van der Waals surface area (Å²) in [6.07, 6.45) is 3.38. The number of hydrogen-bond acceptors (Lipinski definition) is 4. The molecule has 1 aromatic carbocycles. The zero-order chi connectivity index (χ0) is 15.5. The molecule has 5 heteroatoms. The second-order valence-corrected chi connectivity index (χ2v) is 5.95. The molecule has 0 aliphatic carbocycles. The number of fused-ring (bicyclic) bond motifs is 1. The fourth-order valence-corrected chi connectivity index (χ4v) is 3.37. The van der Waals surface area contributed by atoms with Crippen molar-refractivity contribution < 1.29 is 14.3 Å². The van der Waals surface area contributed by atoms with Crippen LogP contribution in [0, 0.1) is 5.92 Å². The number of likely N-dealkylation sites (tertiary alicyclic amines) is 1. The van der Waals surface area contributed by atoms with Gasteiger partial charge in [-0.1, -0.05) is 6.07 Å². The first kappa shape index (κ1) is 14.9. The second-order valence-electron chi connectivity index (χ2n) is 5.95. The molecule has 0 saturated carbocycles. The van der Waals surface area contributed by atoms with Crippen LogP contribution in [0.4, 0.5) is 5.69 Å². The Labute approximate surface area is 130 Å². The highest BCUT2D eigenvalue weighted by molar-refractivity contribution is 5.97. The van der Waals surface area contributed by atoms with Gasteiger partial charge in [0.25, 0.3) is 5.91 Å². The van der Waals surface area contributed by atoms with Gasteiger partial charge in [0.1, 0.15) is 0 Å². The van der Waals surface area contributed by atoms with Gasteiger partial charge in [-0.05, 0) is 43.4 Å². The van der Waals surface area contributed by atoms with E-state index in [1.54, 1.807) is 0 Å². The maximum absolute atomic E-state index is 12.8. The number of rotatable bonds is 2. The first-order chi connectivity index (χ1) is 10.7. The summed E-state index contributed by atoms with van der Waals surface area (Å²) < 4.78 is 4.79. The number of amides is 1. The summed E-state index contributed by atoms with van der Waals surface area (Å²) in [4.78, 5) is 26.2. The minimum Gasteiger partial charge on any atom is -0.469 e. The Bertz CT molecular complexity index is 577. The summed E-state index contributed by atoms with van der Waals surface area (Å²) in [5, 5.41) is 3.36. The quantitative estimate of drug-likeness (QED) is 0.850. The van der Waals surface area contributed by atoms with Crippen molar-refractivity contribution in [2.24, 2.45) is 5.92 Å². The zero-order valence-corrected chi connectivity index (χ0v) is 12.9. The molecule has 0 unspecified atom stereocenters. The van der Waals surface area contributed by atoms with Crippen LogP contribution in [0.3, 0.4) is 0 Å². The van der Waals surface area contributed by atoms with Gasteiger partial charge in [-0.25, -0.2) is 0 Å². The number of hydrogen-bond donors (Lipinski definition) is 1. The Morgan fingerprint density at radius 2 is 2.05 bits per heavy atom. The van der Waals surface area contributed by atoms with E-state index in [0.29, 0.717) is 25.9 Å². The molecule has 1 saturated heterocycles. The van der Waals surface area contributed by atoms with Crippen molar-refractivity contribution in [1.29, 1.82) is 0 Å². The van der Waals surface area contributed by atoms with E-state index in [-0.39, 0.29) is 17.8 Å². The van der Waals surface area contributed by atoms with Gasteiger partial charge >= 0.3 is 5.97 Å². The third-order valence-electron chi connectivity index (χ3n) is 4.64. The number of ether oxygens (including phenoxy) is 1. The molecule has 0 atom stereocenters. The lowest BCUT2D eigenvalue weighted by Gasteiger charge is -2.32. The molecular weight excluding hydrogens is 280 g/mol. The van der Waals surface area contributed by atoms with Gasteiger partial charge in [0.2, 0.25) is 0 Å². The highest BCUT2D eigenvalue weighted by Crippen LogP contribution is 2.27. The minimum atomic E-state index is -0.159. The van der Waals surface area contributed by atoms with Crippen LogP contribution in [0.25, 0.3) is 0 Å². The van der Waals surface area contributed by atoms with E-state index in [9.17, 15) is 9.59 Å². The van der Waals surface area contributed by atoms with Gasteiger partial charge in [-0.3, -0.25) is 9.59 Å². The van der Waals surface area contributed by atoms with E-state index in [0.717, 1.165) is 36.2 Å². The van der Waals surface area contributed by atoms with E-state index < -0.39 is 0 Å². The molecule has 0 spiro atoms. The molecule has 1 N–H and O–H groups in total. The summed E-state index contributed by atoms with van der Waals surface area (Å²) in [5.74, 6) is -0.141. The highest BCUT2D eigenvalue weighted by Gasteiger charge is 2.29. The summed E-state index contributed by atoms with van der Waals surface area (Å²) >= 11 is 0. The van der Waals surface area contributed by atoms with Crippen LogP contribution >= 0.6 is 0 Å². The normalized spacial score (nSPS) is 18.3. The van der Waals surface area contributed by atoms with E-state index in [1.807, 2.05) is 23.1 Å². The van der Waals surface area contributed by atoms with Gasteiger partial charge < -0.3 is 15.0 Å². The molecule has 1 fully saturated rings. The van der Waals surface area contributed by atoms with Crippen molar-refractivity contribution in [3.05, 3.63) is 29.3 Å². The number of carbonyl (C=O) groups is 2. The van der Waals surface area contributed by atoms with Crippen LogP contribution in [-0.2, 0) is 16.0 Å². The van der Waals surface area contributed by atoms with E-state index in [4.69, 9.17) is 4.74 Å².